The highest BCUT2D eigenvalue weighted by Gasteiger charge is 2.24. The molecule has 0 spiro atoms. The predicted octanol–water partition coefficient (Wildman–Crippen LogP) is 6.75. The molecule has 138 valence electrons. The second-order valence-electron chi connectivity index (χ2n) is 6.93. The lowest BCUT2D eigenvalue weighted by molar-refractivity contribution is -0.151. The van der Waals surface area contributed by atoms with Crippen molar-refractivity contribution in [3.8, 4) is 0 Å². The van der Waals surface area contributed by atoms with Crippen LogP contribution in [0, 0.1) is 17.8 Å². The molecule has 0 fully saturated rings. The van der Waals surface area contributed by atoms with Crippen molar-refractivity contribution in [2.75, 3.05) is 11.9 Å². The van der Waals surface area contributed by atoms with Crippen LogP contribution in [0.3, 0.4) is 0 Å². The second kappa shape index (κ2) is 15.5. The molecule has 0 aromatic heterocycles. The molecule has 0 aliphatic rings. The highest BCUT2D eigenvalue weighted by atomic mass is 79.9. The van der Waals surface area contributed by atoms with Crippen LogP contribution >= 0.6 is 15.9 Å². The molecule has 2 nitrogen and oxygen atoms in total. The molecule has 0 rings (SSSR count). The third kappa shape index (κ3) is 11.2. The Hall–Kier alpha value is -0.0500. The fraction of sp³-hybridized carbons (Fsp3) is 0.950. The summed E-state index contributed by atoms with van der Waals surface area (Å²) in [5.74, 6) is 1.32. The van der Waals surface area contributed by atoms with Crippen LogP contribution in [0.5, 0.6) is 0 Å². The molecule has 1 unspecified atom stereocenters. The lowest BCUT2D eigenvalue weighted by Crippen LogP contribution is -2.24. The van der Waals surface area contributed by atoms with Gasteiger partial charge in [-0.05, 0) is 37.5 Å². The Bertz CT molecular complexity index is 269. The maximum atomic E-state index is 12.5. The Kier molecular flexibility index (Phi) is 15.4. The van der Waals surface area contributed by atoms with Crippen LogP contribution in [-0.2, 0) is 9.53 Å². The van der Waals surface area contributed by atoms with Gasteiger partial charge in [-0.3, -0.25) is 4.79 Å². The van der Waals surface area contributed by atoms with Gasteiger partial charge in [0.15, 0.2) is 0 Å². The van der Waals surface area contributed by atoms with E-state index in [2.05, 4.69) is 43.6 Å². The maximum Gasteiger partial charge on any atom is 0.308 e. The summed E-state index contributed by atoms with van der Waals surface area (Å²) in [7, 11) is 0. The first-order chi connectivity index (χ1) is 11.1. The zero-order chi connectivity index (χ0) is 17.5. The number of halogens is 1. The van der Waals surface area contributed by atoms with Crippen LogP contribution in [0.25, 0.3) is 0 Å². The van der Waals surface area contributed by atoms with Gasteiger partial charge in [0.25, 0.3) is 0 Å². The molecule has 0 N–H and O–H groups in total. The minimum absolute atomic E-state index is 0.0406. The van der Waals surface area contributed by atoms with E-state index in [0.29, 0.717) is 18.4 Å². The molecule has 0 saturated carbocycles. The largest absolute Gasteiger partial charge is 0.465 e. The van der Waals surface area contributed by atoms with Gasteiger partial charge in [0.2, 0.25) is 0 Å². The average Bonchev–Trinajstić information content (AvgIpc) is 2.52. The quantitative estimate of drug-likeness (QED) is 0.228. The van der Waals surface area contributed by atoms with Crippen molar-refractivity contribution in [2.24, 2.45) is 17.8 Å². The first kappa shape index (κ1) is 22.9. The van der Waals surface area contributed by atoms with Gasteiger partial charge >= 0.3 is 5.97 Å². The number of alkyl halides is 1. The number of esters is 1. The Morgan fingerprint density at radius 2 is 1.30 bits per heavy atom. The Morgan fingerprint density at radius 3 is 1.74 bits per heavy atom. The van der Waals surface area contributed by atoms with Crippen LogP contribution in [0.15, 0.2) is 0 Å². The number of carbonyl (C=O) groups excluding carboxylic acids is 1. The molecule has 0 aromatic rings. The van der Waals surface area contributed by atoms with E-state index in [1.165, 1.54) is 51.4 Å². The van der Waals surface area contributed by atoms with E-state index >= 15 is 0 Å². The van der Waals surface area contributed by atoms with E-state index in [4.69, 9.17) is 4.74 Å². The number of hydrogen-bond donors (Lipinski definition) is 0. The van der Waals surface area contributed by atoms with Crippen LogP contribution in [0.1, 0.15) is 91.9 Å². The van der Waals surface area contributed by atoms with Gasteiger partial charge in [0, 0.05) is 5.33 Å². The maximum absolute atomic E-state index is 12.5. The van der Waals surface area contributed by atoms with E-state index in [9.17, 15) is 4.79 Å². The van der Waals surface area contributed by atoms with Gasteiger partial charge < -0.3 is 4.74 Å². The fourth-order valence-corrected chi connectivity index (χ4v) is 4.06. The predicted molar refractivity (Wildman–Crippen MR) is 104 cm³/mol. The average molecular weight is 391 g/mol. The normalized spacial score (nSPS) is 12.8. The number of ether oxygens (including phenoxy) is 1. The van der Waals surface area contributed by atoms with Crippen molar-refractivity contribution in [3.05, 3.63) is 0 Å². The molecule has 0 saturated heterocycles. The minimum Gasteiger partial charge on any atom is -0.465 e. The molecule has 0 aliphatic carbocycles. The first-order valence-electron chi connectivity index (χ1n) is 9.85. The number of hydrogen-bond acceptors (Lipinski definition) is 2. The zero-order valence-corrected chi connectivity index (χ0v) is 17.5. The molecule has 0 bridgehead atoms. The third-order valence-corrected chi connectivity index (χ3v) is 5.12. The summed E-state index contributed by atoms with van der Waals surface area (Å²) < 4.78 is 5.72. The standard InChI is InChI=1S/C20H39BrO2/c1-5-9-17(10-6-2)15-19(13-14-21)20(22)23-16-18(11-7-3)12-8-4/h17-19H,5-16H2,1-4H3. The number of carbonyl (C=O) groups is 1. The lowest BCUT2D eigenvalue weighted by Gasteiger charge is -2.23. The van der Waals surface area contributed by atoms with Gasteiger partial charge in [0.05, 0.1) is 12.5 Å². The summed E-state index contributed by atoms with van der Waals surface area (Å²) in [5.41, 5.74) is 0. The molecule has 0 aliphatic heterocycles. The Balaban J connectivity index is 4.51. The topological polar surface area (TPSA) is 26.3 Å². The first-order valence-corrected chi connectivity index (χ1v) is 11.0. The third-order valence-electron chi connectivity index (χ3n) is 4.66. The van der Waals surface area contributed by atoms with E-state index in [0.717, 1.165) is 18.2 Å². The Morgan fingerprint density at radius 1 is 0.826 bits per heavy atom. The van der Waals surface area contributed by atoms with Gasteiger partial charge in [-0.15, -0.1) is 0 Å². The highest BCUT2D eigenvalue weighted by molar-refractivity contribution is 9.09. The van der Waals surface area contributed by atoms with Crippen molar-refractivity contribution in [2.45, 2.75) is 91.9 Å². The van der Waals surface area contributed by atoms with E-state index in [-0.39, 0.29) is 11.9 Å². The summed E-state index contributed by atoms with van der Waals surface area (Å²) >= 11 is 3.51. The van der Waals surface area contributed by atoms with Crippen molar-refractivity contribution < 1.29 is 9.53 Å². The van der Waals surface area contributed by atoms with Gasteiger partial charge in [-0.25, -0.2) is 0 Å². The summed E-state index contributed by atoms with van der Waals surface area (Å²) in [6.07, 6.45) is 11.4. The SMILES string of the molecule is CCCC(CCC)COC(=O)C(CCBr)CC(CCC)CCC. The van der Waals surface area contributed by atoms with Crippen molar-refractivity contribution in [1.29, 1.82) is 0 Å². The summed E-state index contributed by atoms with van der Waals surface area (Å²) in [6, 6.07) is 0. The fourth-order valence-electron chi connectivity index (χ4n) is 3.51. The number of rotatable bonds is 15. The molecular formula is C20H39BrO2. The van der Waals surface area contributed by atoms with E-state index in [1.54, 1.807) is 0 Å². The summed E-state index contributed by atoms with van der Waals surface area (Å²) in [4.78, 5) is 12.5. The summed E-state index contributed by atoms with van der Waals surface area (Å²) in [6.45, 7) is 9.50. The van der Waals surface area contributed by atoms with Gasteiger partial charge in [-0.2, -0.15) is 0 Å². The van der Waals surface area contributed by atoms with Crippen molar-refractivity contribution in [1.82, 2.24) is 0 Å². The van der Waals surface area contributed by atoms with Gasteiger partial charge in [0.1, 0.15) is 0 Å². The zero-order valence-electron chi connectivity index (χ0n) is 15.9. The molecule has 0 heterocycles. The van der Waals surface area contributed by atoms with Crippen molar-refractivity contribution >= 4 is 21.9 Å². The summed E-state index contributed by atoms with van der Waals surface area (Å²) in [5, 5.41) is 0.880. The molecular weight excluding hydrogens is 352 g/mol. The highest BCUT2D eigenvalue weighted by Crippen LogP contribution is 2.26. The molecule has 0 amide bonds. The molecule has 23 heavy (non-hydrogen) atoms. The van der Waals surface area contributed by atoms with Crippen LogP contribution in [0.4, 0.5) is 0 Å². The van der Waals surface area contributed by atoms with E-state index < -0.39 is 0 Å². The second-order valence-corrected chi connectivity index (χ2v) is 7.72. The Labute approximate surface area is 153 Å². The molecule has 0 aromatic carbocycles. The van der Waals surface area contributed by atoms with Crippen LogP contribution in [0.2, 0.25) is 0 Å². The van der Waals surface area contributed by atoms with Gasteiger partial charge in [-0.1, -0.05) is 82.1 Å². The van der Waals surface area contributed by atoms with E-state index in [1.807, 2.05) is 0 Å². The molecule has 0 radical (unpaired) electrons. The minimum atomic E-state index is 0.0406. The smallest absolute Gasteiger partial charge is 0.308 e. The molecule has 1 atom stereocenters. The monoisotopic (exact) mass is 390 g/mol. The molecule has 3 heteroatoms. The van der Waals surface area contributed by atoms with Crippen molar-refractivity contribution in [3.63, 3.8) is 0 Å². The van der Waals surface area contributed by atoms with Crippen LogP contribution in [-0.4, -0.2) is 17.9 Å². The lowest BCUT2D eigenvalue weighted by atomic mass is 9.86. The van der Waals surface area contributed by atoms with Crippen LogP contribution < -0.4 is 0 Å².